The first-order valence-corrected chi connectivity index (χ1v) is 38.4. The summed E-state index contributed by atoms with van der Waals surface area (Å²) in [5, 5.41) is 12.2. The van der Waals surface area contributed by atoms with E-state index in [0.717, 1.165) is 94.8 Å². The molecule has 1 aromatic heterocycles. The van der Waals surface area contributed by atoms with Crippen molar-refractivity contribution in [2.75, 3.05) is 12.0 Å². The maximum absolute atomic E-state index is 9.89. The Morgan fingerprint density at radius 1 is 0.306 bits per heavy atom. The molecule has 2 spiro atoms. The molecule has 5 aliphatic rings. The van der Waals surface area contributed by atoms with Crippen molar-refractivity contribution in [3.63, 3.8) is 0 Å². The monoisotopic (exact) mass is 1430 g/mol. The Labute approximate surface area is 650 Å². The van der Waals surface area contributed by atoms with Gasteiger partial charge in [-0.05, 0) is 260 Å². The smallest absolute Gasteiger partial charge is 0.121 e. The molecule has 111 heavy (non-hydrogen) atoms. The van der Waals surface area contributed by atoms with Crippen LogP contribution in [0.2, 0.25) is 0 Å². The number of hydrogen-bond acceptors (Lipinski definition) is 5. The van der Waals surface area contributed by atoms with Crippen LogP contribution in [-0.4, -0.2) is 23.1 Å². The maximum Gasteiger partial charge on any atom is 0.121 e. The lowest BCUT2D eigenvalue weighted by Gasteiger charge is -2.31. The molecule has 0 unspecified atom stereocenters. The number of allylic oxidation sites excluding steroid dienone is 4. The molecular weight excluding hydrogens is 1370 g/mol. The van der Waals surface area contributed by atoms with Gasteiger partial charge in [0.1, 0.15) is 11.5 Å². The van der Waals surface area contributed by atoms with E-state index in [1.165, 1.54) is 111 Å². The molecule has 22 rings (SSSR count). The summed E-state index contributed by atoms with van der Waals surface area (Å²) in [6.07, 6.45) is 4.11. The molecule has 0 aliphatic heterocycles. The lowest BCUT2D eigenvalue weighted by molar-refractivity contribution is 0.415. The van der Waals surface area contributed by atoms with Gasteiger partial charge in [-0.15, -0.1) is 0 Å². The van der Waals surface area contributed by atoms with E-state index in [1.54, 1.807) is 7.11 Å². The van der Waals surface area contributed by atoms with Crippen molar-refractivity contribution in [1.82, 2.24) is 4.57 Å². The van der Waals surface area contributed by atoms with Gasteiger partial charge in [-0.25, -0.2) is 4.40 Å². The van der Waals surface area contributed by atoms with Crippen molar-refractivity contribution in [1.29, 1.82) is 5.41 Å². The van der Waals surface area contributed by atoms with E-state index in [9.17, 15) is 5.41 Å². The van der Waals surface area contributed by atoms with Gasteiger partial charge in [-0.1, -0.05) is 285 Å². The number of aromatic nitrogens is 1. The van der Waals surface area contributed by atoms with Gasteiger partial charge >= 0.3 is 0 Å². The summed E-state index contributed by atoms with van der Waals surface area (Å²) < 4.78 is 12.4. The second-order valence-electron chi connectivity index (χ2n) is 29.7. The molecule has 5 aliphatic carbocycles. The zero-order valence-corrected chi connectivity index (χ0v) is 61.5. The average Bonchev–Trinajstić information content (AvgIpc) is 1.51. The first kappa shape index (κ1) is 64.3. The standard InChI is InChI=1S/C105H68N4OS/c1-110-79-53-43-66(44-54-79)65-39-49-77(50-40-65)108(76-17-3-2-4-18-76)101-60-57-80(102(106)103(101)107-111)71-41-51-78(52-42-71)109-99-58-47-72(67-31-35-69(36-32-67)74-45-55-87-85-23-9-15-29-95(85)104(97(87)63-74)91-25-11-5-19-81(91)82-20-6-12-26-92(82)104)61-89(99)90-62-73(48-59-100(90)109)68-33-37-70(38-34-68)75-46-56-88-86-24-10-16-30-96(86)105(98(88)64-75)93-27-13-7-21-83(93)84-22-8-14-28-94(84)105/h2-64,106,111H,1H3/b106-102?,107-103-. The SMILES string of the molecule is COc1ccc(-c2ccc(N(C3=CC=C(c4ccc(-n5c6ccc(-c7ccc(-c8ccc9c(c8)C8(c%10ccccc%10-c%10ccccc%108)c8ccccc8-9)cc7)cc6c6cc(-c7ccc(-c8ccc9c(c8)C8(c%10ccccc%10-c%10ccccc%108)c8ccccc8-9)cc7)ccc65)cc4)C(=N)/C3=N\S)c3ccccc3)cc2)cc1. The highest BCUT2D eigenvalue weighted by atomic mass is 32.1. The molecule has 520 valence electrons. The number of rotatable bonds is 11. The summed E-state index contributed by atoms with van der Waals surface area (Å²) in [6, 6.07) is 136. The van der Waals surface area contributed by atoms with E-state index >= 15 is 0 Å². The molecule has 16 aromatic carbocycles. The van der Waals surface area contributed by atoms with E-state index in [4.69, 9.17) is 4.74 Å². The second kappa shape index (κ2) is 25.1. The van der Waals surface area contributed by atoms with Crippen LogP contribution >= 0.6 is 12.8 Å². The van der Waals surface area contributed by atoms with E-state index in [-0.39, 0.29) is 5.71 Å². The first-order valence-electron chi connectivity index (χ1n) is 38.0. The van der Waals surface area contributed by atoms with Gasteiger partial charge in [0.15, 0.2) is 0 Å². The zero-order valence-electron chi connectivity index (χ0n) is 60.6. The lowest BCUT2D eigenvalue weighted by Crippen LogP contribution is -2.30. The Balaban J connectivity index is 0.630. The molecule has 0 atom stereocenters. The number of methoxy groups -OCH3 is 1. The Kier molecular flexibility index (Phi) is 14.5. The normalized spacial score (nSPS) is 14.3. The van der Waals surface area contributed by atoms with E-state index in [1.807, 2.05) is 36.4 Å². The van der Waals surface area contributed by atoms with Crippen molar-refractivity contribution >= 4 is 63.0 Å². The molecule has 0 amide bonds. The van der Waals surface area contributed by atoms with Crippen molar-refractivity contribution in [2.45, 2.75) is 10.8 Å². The van der Waals surface area contributed by atoms with Crippen LogP contribution in [0.4, 0.5) is 11.4 Å². The summed E-state index contributed by atoms with van der Waals surface area (Å²) in [5.41, 5.74) is 40.0. The van der Waals surface area contributed by atoms with Crippen molar-refractivity contribution in [3.8, 4) is 112 Å². The van der Waals surface area contributed by atoms with Crippen LogP contribution in [0.5, 0.6) is 5.75 Å². The third-order valence-electron chi connectivity index (χ3n) is 24.4. The van der Waals surface area contributed by atoms with E-state index in [0.29, 0.717) is 5.71 Å². The Morgan fingerprint density at radius 2 is 0.622 bits per heavy atom. The summed E-state index contributed by atoms with van der Waals surface area (Å²) in [7, 11) is 1.68. The minimum absolute atomic E-state index is 0.282. The zero-order chi connectivity index (χ0) is 73.6. The number of nitrogens with one attached hydrogen (secondary N) is 1. The van der Waals surface area contributed by atoms with Crippen LogP contribution in [-0.2, 0) is 10.8 Å². The molecule has 0 radical (unpaired) electrons. The topological polar surface area (TPSA) is 53.6 Å². The van der Waals surface area contributed by atoms with Gasteiger partial charge in [0, 0.05) is 33.4 Å². The van der Waals surface area contributed by atoms with Gasteiger partial charge in [0.2, 0.25) is 0 Å². The highest BCUT2D eigenvalue weighted by molar-refractivity contribution is 7.79. The second-order valence-corrected chi connectivity index (χ2v) is 29.9. The number of fused-ring (bicyclic) bond motifs is 23. The summed E-state index contributed by atoms with van der Waals surface area (Å²) >= 11 is 4.59. The minimum atomic E-state index is -0.417. The van der Waals surface area contributed by atoms with Crippen LogP contribution in [0.15, 0.2) is 392 Å². The molecule has 1 heterocycles. The van der Waals surface area contributed by atoms with Crippen LogP contribution in [0, 0.1) is 5.41 Å². The molecule has 0 bridgehead atoms. The quantitative estimate of drug-likeness (QED) is 0.100. The molecule has 5 nitrogen and oxygen atoms in total. The predicted octanol–water partition coefficient (Wildman–Crippen LogP) is 26.2. The fourth-order valence-electron chi connectivity index (χ4n) is 19.4. The van der Waals surface area contributed by atoms with E-state index < -0.39 is 10.8 Å². The largest absolute Gasteiger partial charge is 0.497 e. The number of para-hydroxylation sites is 1. The van der Waals surface area contributed by atoms with Crippen LogP contribution in [0.1, 0.15) is 50.1 Å². The number of hydrogen-bond donors (Lipinski definition) is 2. The third kappa shape index (κ3) is 9.51. The maximum atomic E-state index is 9.89. The van der Waals surface area contributed by atoms with Crippen molar-refractivity contribution in [2.24, 2.45) is 4.40 Å². The number of thiol groups is 1. The van der Waals surface area contributed by atoms with Crippen LogP contribution in [0.3, 0.4) is 0 Å². The predicted molar refractivity (Wildman–Crippen MR) is 462 cm³/mol. The average molecular weight is 1430 g/mol. The fourth-order valence-corrected chi connectivity index (χ4v) is 19.6. The molecule has 0 saturated carbocycles. The lowest BCUT2D eigenvalue weighted by atomic mass is 9.70. The Morgan fingerprint density at radius 3 is 1.02 bits per heavy atom. The minimum Gasteiger partial charge on any atom is -0.497 e. The van der Waals surface area contributed by atoms with Crippen molar-refractivity contribution < 1.29 is 4.74 Å². The Bertz CT molecular complexity index is 6440. The molecule has 1 N–H and O–H groups in total. The first-order chi connectivity index (χ1) is 54.8. The fraction of sp³-hybridized carbons (Fsp3) is 0.0286. The van der Waals surface area contributed by atoms with Crippen LogP contribution in [0.25, 0.3) is 133 Å². The number of anilines is 2. The van der Waals surface area contributed by atoms with Crippen molar-refractivity contribution in [3.05, 3.63) is 438 Å². The van der Waals surface area contributed by atoms with Gasteiger partial charge in [-0.3, -0.25) is 5.41 Å². The number of ether oxygens (including phenoxy) is 1. The van der Waals surface area contributed by atoms with Gasteiger partial charge in [-0.2, -0.15) is 0 Å². The molecule has 0 saturated heterocycles. The molecular formula is C105H68N4OS. The molecule has 6 heteroatoms. The summed E-state index contributed by atoms with van der Waals surface area (Å²) in [6.45, 7) is 0. The third-order valence-corrected chi connectivity index (χ3v) is 24.6. The van der Waals surface area contributed by atoms with Gasteiger partial charge in [0.05, 0.1) is 40.4 Å². The van der Waals surface area contributed by atoms with Crippen LogP contribution < -0.4 is 9.64 Å². The molecule has 0 fully saturated rings. The summed E-state index contributed by atoms with van der Waals surface area (Å²) in [5.74, 6) is 0.814. The summed E-state index contributed by atoms with van der Waals surface area (Å²) in [4.78, 5) is 2.15. The van der Waals surface area contributed by atoms with Gasteiger partial charge in [0.25, 0.3) is 0 Å². The Hall–Kier alpha value is -13.9. The van der Waals surface area contributed by atoms with Gasteiger partial charge < -0.3 is 14.2 Å². The highest BCUT2D eigenvalue weighted by Gasteiger charge is 2.53. The molecule has 17 aromatic rings. The number of benzene rings is 16. The number of nitrogens with zero attached hydrogens (tertiary/aromatic N) is 3. The van der Waals surface area contributed by atoms with E-state index in [2.05, 4.69) is 372 Å². The highest BCUT2D eigenvalue weighted by Crippen LogP contribution is 2.65.